The van der Waals surface area contributed by atoms with Crippen molar-refractivity contribution < 1.29 is 16.7 Å². The van der Waals surface area contributed by atoms with Gasteiger partial charge in [0.1, 0.15) is 23.5 Å². The molecule has 0 aliphatic carbocycles. The Morgan fingerprint density at radius 2 is 1.67 bits per heavy atom. The molecule has 0 saturated heterocycles. The van der Waals surface area contributed by atoms with E-state index in [1.54, 1.807) is 24.3 Å². The van der Waals surface area contributed by atoms with Crippen LogP contribution in [0.15, 0.2) is 54.9 Å². The predicted molar refractivity (Wildman–Crippen MR) is 107 cm³/mol. The molecule has 7 nitrogen and oxygen atoms in total. The minimum absolute atomic E-state index is 0.0687. The van der Waals surface area contributed by atoms with Crippen molar-refractivity contribution in [3.05, 3.63) is 94.3 Å². The van der Waals surface area contributed by atoms with Gasteiger partial charge in [-0.2, -0.15) is 5.26 Å². The quantitative estimate of drug-likeness (QED) is 0.656. The summed E-state index contributed by atoms with van der Waals surface area (Å²) in [6, 6.07) is 13.5. The highest BCUT2D eigenvalue weighted by Gasteiger charge is 2.13. The Morgan fingerprint density at radius 3 is 2.30 bits per heavy atom. The van der Waals surface area contributed by atoms with Gasteiger partial charge in [0.05, 0.1) is 14.4 Å². The molecular formula is C22H18FN5O2. The first-order chi connectivity index (χ1) is 15.2. The fraction of sp³-hybridized carbons (Fsp3) is 0.136. The standard InChI is InChI=1S/C22H18FN5O2/c1-14-8-17(6-7-18(14)23)12-26-22(30)20-9-19(27-13-28-20)21(29)25-11-16-4-2-15(10-24)3-5-16/h2-9,13H,11-12H2,1H3,(H,25,29)(H,26,30)/i12D2. The van der Waals surface area contributed by atoms with Crippen molar-refractivity contribution in [2.24, 2.45) is 0 Å². The lowest BCUT2D eigenvalue weighted by Gasteiger charge is -2.08. The van der Waals surface area contributed by atoms with Gasteiger partial charge >= 0.3 is 0 Å². The first-order valence-electron chi connectivity index (χ1n) is 9.88. The number of rotatable bonds is 6. The Morgan fingerprint density at radius 1 is 1.03 bits per heavy atom. The normalized spacial score (nSPS) is 11.6. The van der Waals surface area contributed by atoms with Gasteiger partial charge in [-0.25, -0.2) is 14.4 Å². The van der Waals surface area contributed by atoms with Crippen molar-refractivity contribution in [3.63, 3.8) is 0 Å². The second-order valence-corrected chi connectivity index (χ2v) is 6.32. The zero-order valence-corrected chi connectivity index (χ0v) is 15.9. The molecule has 3 aromatic rings. The van der Waals surface area contributed by atoms with E-state index in [1.807, 2.05) is 6.07 Å². The van der Waals surface area contributed by atoms with Gasteiger partial charge in [0.2, 0.25) is 0 Å². The number of aromatic nitrogens is 2. The van der Waals surface area contributed by atoms with Crippen molar-refractivity contribution >= 4 is 11.8 Å². The fourth-order valence-corrected chi connectivity index (χ4v) is 2.49. The Kier molecular flexibility index (Phi) is 5.61. The third-order valence-electron chi connectivity index (χ3n) is 4.15. The monoisotopic (exact) mass is 405 g/mol. The number of nitrogens with zero attached hydrogens (tertiary/aromatic N) is 3. The van der Waals surface area contributed by atoms with Gasteiger partial charge in [0, 0.05) is 19.1 Å². The van der Waals surface area contributed by atoms with E-state index >= 15 is 0 Å². The molecule has 8 heteroatoms. The van der Waals surface area contributed by atoms with Crippen molar-refractivity contribution in [1.29, 1.82) is 5.26 Å². The largest absolute Gasteiger partial charge is 0.347 e. The molecule has 2 aromatic carbocycles. The molecule has 2 amide bonds. The number of amides is 2. The molecule has 0 aliphatic heterocycles. The molecule has 0 fully saturated rings. The highest BCUT2D eigenvalue weighted by atomic mass is 19.1. The lowest BCUT2D eigenvalue weighted by molar-refractivity contribution is 0.0944. The molecule has 0 unspecified atom stereocenters. The number of aryl methyl sites for hydroxylation is 1. The fourth-order valence-electron chi connectivity index (χ4n) is 2.49. The van der Waals surface area contributed by atoms with E-state index in [0.717, 1.165) is 24.0 Å². The van der Waals surface area contributed by atoms with Crippen LogP contribution in [0.5, 0.6) is 0 Å². The second kappa shape index (κ2) is 9.39. The van der Waals surface area contributed by atoms with E-state index in [0.29, 0.717) is 5.56 Å². The average Bonchev–Trinajstić information content (AvgIpc) is 2.79. The number of carbonyl (C=O) groups excluding carboxylic acids is 2. The zero-order chi connectivity index (χ0) is 23.3. The van der Waals surface area contributed by atoms with Gasteiger partial charge in [-0.3, -0.25) is 9.59 Å². The Balaban J connectivity index is 1.68. The van der Waals surface area contributed by atoms with E-state index in [1.165, 1.54) is 19.1 Å². The number of benzene rings is 2. The maximum atomic E-state index is 13.5. The summed E-state index contributed by atoms with van der Waals surface area (Å²) in [5.74, 6) is -1.90. The third kappa shape index (κ3) is 5.23. The van der Waals surface area contributed by atoms with Crippen LogP contribution in [0.25, 0.3) is 0 Å². The number of carbonyl (C=O) groups is 2. The number of nitriles is 1. The van der Waals surface area contributed by atoms with Crippen molar-refractivity contribution in [1.82, 2.24) is 20.6 Å². The van der Waals surface area contributed by atoms with Crippen molar-refractivity contribution in [2.45, 2.75) is 20.0 Å². The number of nitrogens with one attached hydrogen (secondary N) is 2. The maximum absolute atomic E-state index is 13.5. The molecule has 0 aliphatic rings. The van der Waals surface area contributed by atoms with E-state index in [-0.39, 0.29) is 29.1 Å². The minimum atomic E-state index is -2.29. The Labute approximate surface area is 175 Å². The average molecular weight is 405 g/mol. The molecule has 0 bridgehead atoms. The number of hydrogen-bond donors (Lipinski definition) is 2. The van der Waals surface area contributed by atoms with Gasteiger partial charge in [-0.15, -0.1) is 0 Å². The van der Waals surface area contributed by atoms with Gasteiger partial charge < -0.3 is 10.6 Å². The van der Waals surface area contributed by atoms with Crippen molar-refractivity contribution in [3.8, 4) is 6.07 Å². The van der Waals surface area contributed by atoms with Gasteiger partial charge in [-0.05, 0) is 41.8 Å². The topological polar surface area (TPSA) is 108 Å². The van der Waals surface area contributed by atoms with E-state index in [4.69, 9.17) is 8.00 Å². The highest BCUT2D eigenvalue weighted by Crippen LogP contribution is 2.09. The summed E-state index contributed by atoms with van der Waals surface area (Å²) in [7, 11) is 0. The van der Waals surface area contributed by atoms with Crippen LogP contribution in [-0.4, -0.2) is 21.8 Å². The van der Waals surface area contributed by atoms with E-state index < -0.39 is 24.1 Å². The van der Waals surface area contributed by atoms with Crippen LogP contribution in [0.2, 0.25) is 0 Å². The smallest absolute Gasteiger partial charge is 0.270 e. The summed E-state index contributed by atoms with van der Waals surface area (Å²) in [5, 5.41) is 13.7. The first-order valence-corrected chi connectivity index (χ1v) is 8.88. The number of hydrogen-bond acceptors (Lipinski definition) is 5. The summed E-state index contributed by atoms with van der Waals surface area (Å²) in [6.45, 7) is -0.620. The van der Waals surface area contributed by atoms with Crippen LogP contribution in [0.4, 0.5) is 4.39 Å². The van der Waals surface area contributed by atoms with E-state index in [2.05, 4.69) is 20.6 Å². The van der Waals surface area contributed by atoms with Crippen molar-refractivity contribution in [2.75, 3.05) is 0 Å². The van der Waals surface area contributed by atoms with Crippen LogP contribution < -0.4 is 10.6 Å². The zero-order valence-electron chi connectivity index (χ0n) is 17.9. The molecule has 30 heavy (non-hydrogen) atoms. The molecular weight excluding hydrogens is 385 g/mol. The molecule has 0 spiro atoms. The summed E-state index contributed by atoms with van der Waals surface area (Å²) >= 11 is 0. The van der Waals surface area contributed by atoms with Crippen LogP contribution in [0, 0.1) is 24.1 Å². The van der Waals surface area contributed by atoms with E-state index in [9.17, 15) is 14.0 Å². The third-order valence-corrected chi connectivity index (χ3v) is 4.15. The molecule has 0 atom stereocenters. The lowest BCUT2D eigenvalue weighted by Crippen LogP contribution is -2.27. The predicted octanol–water partition coefficient (Wildman–Crippen LogP) is 2.66. The summed E-state index contributed by atoms with van der Waals surface area (Å²) in [5.41, 5.74) is 1.31. The van der Waals surface area contributed by atoms with Crippen LogP contribution >= 0.6 is 0 Å². The Hall–Kier alpha value is -4.12. The molecule has 2 N–H and O–H groups in total. The summed E-state index contributed by atoms with van der Waals surface area (Å²) in [4.78, 5) is 32.6. The van der Waals surface area contributed by atoms with Crippen LogP contribution in [-0.2, 0) is 13.0 Å². The molecule has 0 radical (unpaired) electrons. The van der Waals surface area contributed by atoms with Gasteiger partial charge in [0.15, 0.2) is 0 Å². The van der Waals surface area contributed by atoms with Gasteiger partial charge in [-0.1, -0.05) is 24.3 Å². The van der Waals surface area contributed by atoms with Crippen LogP contribution in [0.1, 0.15) is 46.0 Å². The summed E-state index contributed by atoms with van der Waals surface area (Å²) in [6.07, 6.45) is 1.03. The minimum Gasteiger partial charge on any atom is -0.347 e. The molecule has 1 heterocycles. The Bertz CT molecular complexity index is 1210. The van der Waals surface area contributed by atoms with Gasteiger partial charge in [0.25, 0.3) is 11.8 Å². The van der Waals surface area contributed by atoms with Crippen LogP contribution in [0.3, 0.4) is 0 Å². The molecule has 3 rings (SSSR count). The lowest BCUT2D eigenvalue weighted by atomic mass is 10.1. The summed E-state index contributed by atoms with van der Waals surface area (Å²) < 4.78 is 29.7. The maximum Gasteiger partial charge on any atom is 0.270 e. The number of halogens is 1. The highest BCUT2D eigenvalue weighted by molar-refractivity contribution is 5.97. The second-order valence-electron chi connectivity index (χ2n) is 6.32. The molecule has 1 aromatic heterocycles. The molecule has 0 saturated carbocycles. The SMILES string of the molecule is [2H]C([2H])(NC(=O)c1cc(C(=O)NCc2ccc(C#N)cc2)ncn1)c1ccc(F)c(C)c1. The molecule has 150 valence electrons. The first kappa shape index (κ1) is 17.9.